The van der Waals surface area contributed by atoms with Crippen LogP contribution in [0.15, 0.2) is 28.8 Å². The van der Waals surface area contributed by atoms with Crippen molar-refractivity contribution in [1.29, 1.82) is 0 Å². The zero-order chi connectivity index (χ0) is 14.4. The monoisotopic (exact) mass is 276 g/mol. The standard InChI is InChI=1S/C13H16N4O3/c1-9-15-12(17-20-9)7-14-8-13(18)16-10-4-3-5-11(6-10)19-2/h3-6,14H,7-8H2,1-2H3,(H,16,18). The maximum Gasteiger partial charge on any atom is 0.238 e. The van der Waals surface area contributed by atoms with E-state index in [-0.39, 0.29) is 12.5 Å². The second kappa shape index (κ2) is 6.67. The Morgan fingerprint density at radius 1 is 1.45 bits per heavy atom. The number of nitrogens with one attached hydrogen (secondary N) is 2. The summed E-state index contributed by atoms with van der Waals surface area (Å²) in [6.07, 6.45) is 0. The lowest BCUT2D eigenvalue weighted by Crippen LogP contribution is -2.28. The van der Waals surface area contributed by atoms with Gasteiger partial charge in [-0.15, -0.1) is 0 Å². The maximum atomic E-state index is 11.7. The van der Waals surface area contributed by atoms with Crippen molar-refractivity contribution in [3.05, 3.63) is 36.0 Å². The Hall–Kier alpha value is -2.41. The predicted octanol–water partition coefficient (Wildman–Crippen LogP) is 1.11. The van der Waals surface area contributed by atoms with Gasteiger partial charge < -0.3 is 19.9 Å². The number of aryl methyl sites for hydroxylation is 1. The third-order valence-corrected chi connectivity index (χ3v) is 2.49. The van der Waals surface area contributed by atoms with E-state index >= 15 is 0 Å². The number of nitrogens with zero attached hydrogens (tertiary/aromatic N) is 2. The number of rotatable bonds is 6. The van der Waals surface area contributed by atoms with Gasteiger partial charge in [0.2, 0.25) is 11.8 Å². The molecule has 1 heterocycles. The van der Waals surface area contributed by atoms with Crippen LogP contribution >= 0.6 is 0 Å². The average molecular weight is 276 g/mol. The number of methoxy groups -OCH3 is 1. The first-order chi connectivity index (χ1) is 9.67. The summed E-state index contributed by atoms with van der Waals surface area (Å²) < 4.78 is 9.91. The van der Waals surface area contributed by atoms with Crippen LogP contribution in [0.5, 0.6) is 5.75 Å². The summed E-state index contributed by atoms with van der Waals surface area (Å²) >= 11 is 0. The van der Waals surface area contributed by atoms with Gasteiger partial charge in [0.15, 0.2) is 5.82 Å². The van der Waals surface area contributed by atoms with Crippen LogP contribution in [0.4, 0.5) is 5.69 Å². The van der Waals surface area contributed by atoms with Crippen molar-refractivity contribution in [2.45, 2.75) is 13.5 Å². The molecule has 20 heavy (non-hydrogen) atoms. The molecule has 0 fully saturated rings. The number of benzene rings is 1. The number of hydrogen-bond donors (Lipinski definition) is 2. The molecule has 0 radical (unpaired) electrons. The molecule has 0 aliphatic carbocycles. The first-order valence-electron chi connectivity index (χ1n) is 6.11. The Morgan fingerprint density at radius 3 is 3.00 bits per heavy atom. The molecular weight excluding hydrogens is 260 g/mol. The summed E-state index contributed by atoms with van der Waals surface area (Å²) in [6, 6.07) is 7.17. The summed E-state index contributed by atoms with van der Waals surface area (Å²) in [5.74, 6) is 1.57. The van der Waals surface area contributed by atoms with Crippen LogP contribution < -0.4 is 15.4 Å². The quantitative estimate of drug-likeness (QED) is 0.821. The number of amides is 1. The fourth-order valence-electron chi connectivity index (χ4n) is 1.61. The van der Waals surface area contributed by atoms with Crippen molar-refractivity contribution in [2.24, 2.45) is 0 Å². The number of ether oxygens (including phenoxy) is 1. The summed E-state index contributed by atoms with van der Waals surface area (Å²) in [5.41, 5.74) is 0.687. The molecule has 2 aromatic rings. The lowest BCUT2D eigenvalue weighted by molar-refractivity contribution is -0.115. The number of anilines is 1. The summed E-state index contributed by atoms with van der Waals surface area (Å²) in [4.78, 5) is 15.8. The highest BCUT2D eigenvalue weighted by molar-refractivity contribution is 5.92. The largest absolute Gasteiger partial charge is 0.497 e. The summed E-state index contributed by atoms with van der Waals surface area (Å²) in [6.45, 7) is 2.25. The minimum atomic E-state index is -0.154. The van der Waals surface area contributed by atoms with E-state index in [0.717, 1.165) is 0 Å². The molecule has 1 aromatic heterocycles. The molecule has 7 heteroatoms. The molecular formula is C13H16N4O3. The van der Waals surface area contributed by atoms with E-state index in [1.807, 2.05) is 12.1 Å². The topological polar surface area (TPSA) is 89.3 Å². The predicted molar refractivity (Wildman–Crippen MR) is 72.4 cm³/mol. The van der Waals surface area contributed by atoms with Gasteiger partial charge >= 0.3 is 0 Å². The van der Waals surface area contributed by atoms with Crippen LogP contribution in [0.25, 0.3) is 0 Å². The van der Waals surface area contributed by atoms with Gasteiger partial charge in [-0.05, 0) is 12.1 Å². The van der Waals surface area contributed by atoms with E-state index in [0.29, 0.717) is 29.7 Å². The zero-order valence-electron chi connectivity index (χ0n) is 11.3. The fourth-order valence-corrected chi connectivity index (χ4v) is 1.61. The van der Waals surface area contributed by atoms with E-state index < -0.39 is 0 Å². The molecule has 2 rings (SSSR count). The van der Waals surface area contributed by atoms with Crippen molar-refractivity contribution in [3.63, 3.8) is 0 Å². The Labute approximate surface area is 116 Å². The smallest absolute Gasteiger partial charge is 0.238 e. The van der Waals surface area contributed by atoms with Gasteiger partial charge in [0.25, 0.3) is 0 Å². The van der Waals surface area contributed by atoms with Crippen LogP contribution in [0.2, 0.25) is 0 Å². The number of aromatic nitrogens is 2. The van der Waals surface area contributed by atoms with Crippen LogP contribution in [0, 0.1) is 6.92 Å². The molecule has 7 nitrogen and oxygen atoms in total. The van der Waals surface area contributed by atoms with Crippen LogP contribution in [0.3, 0.4) is 0 Å². The molecule has 0 atom stereocenters. The Morgan fingerprint density at radius 2 is 2.30 bits per heavy atom. The molecule has 0 spiro atoms. The fraction of sp³-hybridized carbons (Fsp3) is 0.308. The Balaban J connectivity index is 1.77. The van der Waals surface area contributed by atoms with E-state index in [9.17, 15) is 4.79 Å². The molecule has 0 aliphatic heterocycles. The van der Waals surface area contributed by atoms with Crippen LogP contribution in [-0.4, -0.2) is 29.7 Å². The van der Waals surface area contributed by atoms with Crippen molar-refractivity contribution in [3.8, 4) is 5.75 Å². The van der Waals surface area contributed by atoms with Gasteiger partial charge in [0.1, 0.15) is 5.75 Å². The van der Waals surface area contributed by atoms with Gasteiger partial charge in [-0.1, -0.05) is 11.2 Å². The van der Waals surface area contributed by atoms with Gasteiger partial charge in [0, 0.05) is 18.7 Å². The van der Waals surface area contributed by atoms with E-state index in [1.54, 1.807) is 26.2 Å². The van der Waals surface area contributed by atoms with E-state index in [4.69, 9.17) is 9.26 Å². The van der Waals surface area contributed by atoms with Crippen molar-refractivity contribution in [1.82, 2.24) is 15.5 Å². The number of carbonyl (C=O) groups excluding carboxylic acids is 1. The lowest BCUT2D eigenvalue weighted by atomic mass is 10.3. The summed E-state index contributed by atoms with van der Waals surface area (Å²) in [5, 5.41) is 9.42. The van der Waals surface area contributed by atoms with Gasteiger partial charge in [0.05, 0.1) is 20.2 Å². The molecule has 1 amide bonds. The van der Waals surface area contributed by atoms with Crippen molar-refractivity contribution >= 4 is 11.6 Å². The minimum Gasteiger partial charge on any atom is -0.497 e. The summed E-state index contributed by atoms with van der Waals surface area (Å²) in [7, 11) is 1.58. The van der Waals surface area contributed by atoms with Crippen LogP contribution in [-0.2, 0) is 11.3 Å². The van der Waals surface area contributed by atoms with E-state index in [1.165, 1.54) is 0 Å². The third kappa shape index (κ3) is 4.06. The maximum absolute atomic E-state index is 11.7. The molecule has 0 saturated carbocycles. The highest BCUT2D eigenvalue weighted by atomic mass is 16.5. The molecule has 2 N–H and O–H groups in total. The normalized spacial score (nSPS) is 10.3. The van der Waals surface area contributed by atoms with Gasteiger partial charge in [-0.3, -0.25) is 4.79 Å². The van der Waals surface area contributed by atoms with E-state index in [2.05, 4.69) is 20.8 Å². The highest BCUT2D eigenvalue weighted by Gasteiger charge is 2.05. The molecule has 1 aromatic carbocycles. The Bertz CT molecular complexity index is 583. The first-order valence-corrected chi connectivity index (χ1v) is 6.11. The highest BCUT2D eigenvalue weighted by Crippen LogP contribution is 2.16. The van der Waals surface area contributed by atoms with Crippen molar-refractivity contribution < 1.29 is 14.1 Å². The minimum absolute atomic E-state index is 0.154. The van der Waals surface area contributed by atoms with Gasteiger partial charge in [-0.2, -0.15) is 4.98 Å². The Kier molecular flexibility index (Phi) is 4.67. The average Bonchev–Trinajstić information content (AvgIpc) is 2.84. The third-order valence-electron chi connectivity index (χ3n) is 2.49. The molecule has 0 saturated heterocycles. The van der Waals surface area contributed by atoms with Crippen molar-refractivity contribution in [2.75, 3.05) is 19.0 Å². The molecule has 0 unspecified atom stereocenters. The van der Waals surface area contributed by atoms with Crippen LogP contribution in [0.1, 0.15) is 11.7 Å². The molecule has 0 bridgehead atoms. The van der Waals surface area contributed by atoms with Gasteiger partial charge in [-0.25, -0.2) is 0 Å². The second-order valence-corrected chi connectivity index (χ2v) is 4.11. The lowest BCUT2D eigenvalue weighted by Gasteiger charge is -2.07. The first kappa shape index (κ1) is 14.0. The SMILES string of the molecule is COc1cccc(NC(=O)CNCc2noc(C)n2)c1. The second-order valence-electron chi connectivity index (χ2n) is 4.11. The number of carbonyl (C=O) groups is 1. The molecule has 106 valence electrons. The number of hydrogen-bond acceptors (Lipinski definition) is 6. The zero-order valence-corrected chi connectivity index (χ0v) is 11.3. The molecule has 0 aliphatic rings.